The Balaban J connectivity index is 0. The lowest BCUT2D eigenvalue weighted by atomic mass is 9.92. The number of hydrogen-bond donors (Lipinski definition) is 2. The molecule has 134 valence electrons. The second kappa shape index (κ2) is 15.3. The van der Waals surface area contributed by atoms with Crippen molar-refractivity contribution in [2.24, 2.45) is 5.92 Å². The smallest absolute Gasteiger partial charge is 0.331 e. The zero-order valence-corrected chi connectivity index (χ0v) is 15.2. The summed E-state index contributed by atoms with van der Waals surface area (Å²) in [6.45, 7) is 11.5. The van der Waals surface area contributed by atoms with Crippen LogP contribution in [0.15, 0.2) is 23.8 Å². The van der Waals surface area contributed by atoms with Crippen LogP contribution in [0.3, 0.4) is 0 Å². The molecule has 2 N–H and O–H groups in total. The van der Waals surface area contributed by atoms with Crippen LogP contribution in [-0.4, -0.2) is 22.2 Å². The lowest BCUT2D eigenvalue weighted by Gasteiger charge is -2.13. The van der Waals surface area contributed by atoms with Crippen molar-refractivity contribution >= 4 is 11.9 Å². The molecule has 0 heterocycles. The number of unbranched alkanes of at least 4 members (excludes halogenated alkanes) is 4. The molecule has 0 radical (unpaired) electrons. The molecular weight excluding hydrogens is 292 g/mol. The lowest BCUT2D eigenvalue weighted by Crippen LogP contribution is -2.10. The first-order valence-electron chi connectivity index (χ1n) is 8.63. The molecule has 1 unspecified atom stereocenters. The van der Waals surface area contributed by atoms with Gasteiger partial charge in [0.05, 0.1) is 0 Å². The van der Waals surface area contributed by atoms with Crippen LogP contribution >= 0.6 is 0 Å². The molecule has 0 aliphatic rings. The van der Waals surface area contributed by atoms with Crippen molar-refractivity contribution < 1.29 is 19.8 Å². The SMILES string of the molecule is C=C(C(=O)O)C(CC)CCCCC.CCCC/C=C(\C)C(=O)O. The minimum atomic E-state index is -0.844. The molecule has 0 aliphatic heterocycles. The van der Waals surface area contributed by atoms with E-state index in [0.717, 1.165) is 38.5 Å². The summed E-state index contributed by atoms with van der Waals surface area (Å²) in [6, 6.07) is 0. The molecule has 0 spiro atoms. The molecule has 4 nitrogen and oxygen atoms in total. The van der Waals surface area contributed by atoms with Crippen molar-refractivity contribution in [3.05, 3.63) is 23.8 Å². The van der Waals surface area contributed by atoms with Gasteiger partial charge in [0, 0.05) is 11.1 Å². The van der Waals surface area contributed by atoms with Crippen molar-refractivity contribution in [2.45, 2.75) is 79.1 Å². The van der Waals surface area contributed by atoms with E-state index in [4.69, 9.17) is 10.2 Å². The summed E-state index contributed by atoms with van der Waals surface area (Å²) in [5.74, 6) is -1.48. The predicted molar refractivity (Wildman–Crippen MR) is 95.6 cm³/mol. The van der Waals surface area contributed by atoms with Gasteiger partial charge in [0.1, 0.15) is 0 Å². The van der Waals surface area contributed by atoms with Crippen LogP contribution < -0.4 is 0 Å². The quantitative estimate of drug-likeness (QED) is 0.391. The Bertz CT molecular complexity index is 383. The van der Waals surface area contributed by atoms with Gasteiger partial charge in [0.25, 0.3) is 0 Å². The first-order valence-corrected chi connectivity index (χ1v) is 8.63. The summed E-state index contributed by atoms with van der Waals surface area (Å²) >= 11 is 0. The van der Waals surface area contributed by atoms with E-state index >= 15 is 0 Å². The monoisotopic (exact) mass is 326 g/mol. The Labute approximate surface area is 141 Å². The third-order valence-corrected chi connectivity index (χ3v) is 3.76. The van der Waals surface area contributed by atoms with E-state index in [1.807, 2.05) is 6.92 Å². The number of carboxylic acid groups (broad SMARTS) is 2. The molecule has 0 bridgehead atoms. The van der Waals surface area contributed by atoms with Crippen molar-refractivity contribution in [1.29, 1.82) is 0 Å². The Hall–Kier alpha value is -1.58. The highest BCUT2D eigenvalue weighted by molar-refractivity contribution is 5.86. The molecule has 0 aromatic carbocycles. The minimum absolute atomic E-state index is 0.170. The highest BCUT2D eigenvalue weighted by atomic mass is 16.4. The summed E-state index contributed by atoms with van der Waals surface area (Å²) in [6.07, 6.45) is 10.2. The number of carboxylic acids is 2. The molecule has 0 saturated heterocycles. The molecule has 0 fully saturated rings. The van der Waals surface area contributed by atoms with Gasteiger partial charge in [0.2, 0.25) is 0 Å². The molecule has 4 heteroatoms. The van der Waals surface area contributed by atoms with Crippen LogP contribution in [0.5, 0.6) is 0 Å². The molecular formula is C19H34O4. The van der Waals surface area contributed by atoms with E-state index in [1.54, 1.807) is 13.0 Å². The Kier molecular flexibility index (Phi) is 15.8. The summed E-state index contributed by atoms with van der Waals surface area (Å²) < 4.78 is 0. The fourth-order valence-electron chi connectivity index (χ4n) is 2.05. The molecule has 23 heavy (non-hydrogen) atoms. The van der Waals surface area contributed by atoms with Gasteiger partial charge in [-0.3, -0.25) is 0 Å². The van der Waals surface area contributed by atoms with E-state index < -0.39 is 11.9 Å². The van der Waals surface area contributed by atoms with Crippen LogP contribution in [0.25, 0.3) is 0 Å². The molecule has 0 saturated carbocycles. The Morgan fingerprint density at radius 3 is 1.96 bits per heavy atom. The number of rotatable bonds is 11. The van der Waals surface area contributed by atoms with Gasteiger partial charge in [-0.05, 0) is 32.1 Å². The van der Waals surface area contributed by atoms with E-state index in [9.17, 15) is 9.59 Å². The number of carbonyl (C=O) groups is 2. The first kappa shape index (κ1) is 23.7. The van der Waals surface area contributed by atoms with Crippen LogP contribution in [0, 0.1) is 5.92 Å². The first-order chi connectivity index (χ1) is 10.8. The number of allylic oxidation sites excluding steroid dienone is 1. The fraction of sp³-hybridized carbons (Fsp3) is 0.684. The number of hydrogen-bond acceptors (Lipinski definition) is 2. The number of aliphatic carboxylic acids is 2. The van der Waals surface area contributed by atoms with Crippen molar-refractivity contribution in [3.63, 3.8) is 0 Å². The summed E-state index contributed by atoms with van der Waals surface area (Å²) in [5, 5.41) is 17.2. The lowest BCUT2D eigenvalue weighted by molar-refractivity contribution is -0.134. The maximum atomic E-state index is 10.6. The van der Waals surface area contributed by atoms with Gasteiger partial charge in [-0.1, -0.05) is 65.5 Å². The molecule has 0 aliphatic carbocycles. The summed E-state index contributed by atoms with van der Waals surface area (Å²) in [5.41, 5.74) is 0.826. The van der Waals surface area contributed by atoms with Gasteiger partial charge in [-0.2, -0.15) is 0 Å². The fourth-order valence-corrected chi connectivity index (χ4v) is 2.05. The van der Waals surface area contributed by atoms with Crippen molar-refractivity contribution in [1.82, 2.24) is 0 Å². The van der Waals surface area contributed by atoms with E-state index in [0.29, 0.717) is 11.1 Å². The average molecular weight is 326 g/mol. The standard InChI is InChI=1S/C11H20O2.C8H14O2/c1-4-6-7-8-10(5-2)9(3)11(12)13;1-3-4-5-6-7(2)8(9)10/h10H,3-8H2,1-2H3,(H,12,13);6H,3-5H2,1-2H3,(H,9,10)/b;7-6+. The van der Waals surface area contributed by atoms with E-state index in [1.165, 1.54) is 12.8 Å². The van der Waals surface area contributed by atoms with Crippen molar-refractivity contribution in [2.75, 3.05) is 0 Å². The van der Waals surface area contributed by atoms with Gasteiger partial charge in [0.15, 0.2) is 0 Å². The molecule has 0 aromatic rings. The van der Waals surface area contributed by atoms with Crippen LogP contribution in [-0.2, 0) is 9.59 Å². The molecule has 0 rings (SSSR count). The van der Waals surface area contributed by atoms with E-state index in [-0.39, 0.29) is 5.92 Å². The Morgan fingerprint density at radius 1 is 1.00 bits per heavy atom. The predicted octanol–water partition coefficient (Wildman–Crippen LogP) is 5.44. The third-order valence-electron chi connectivity index (χ3n) is 3.76. The maximum Gasteiger partial charge on any atom is 0.331 e. The molecule has 0 amide bonds. The highest BCUT2D eigenvalue weighted by Gasteiger charge is 2.15. The van der Waals surface area contributed by atoms with E-state index in [2.05, 4.69) is 20.4 Å². The molecule has 0 aromatic heterocycles. The average Bonchev–Trinajstić information content (AvgIpc) is 2.51. The van der Waals surface area contributed by atoms with Gasteiger partial charge in [-0.25, -0.2) is 9.59 Å². The topological polar surface area (TPSA) is 74.6 Å². The Morgan fingerprint density at radius 2 is 1.57 bits per heavy atom. The van der Waals surface area contributed by atoms with Gasteiger partial charge < -0.3 is 10.2 Å². The van der Waals surface area contributed by atoms with Crippen LogP contribution in [0.2, 0.25) is 0 Å². The van der Waals surface area contributed by atoms with Crippen LogP contribution in [0.1, 0.15) is 79.1 Å². The van der Waals surface area contributed by atoms with Gasteiger partial charge >= 0.3 is 11.9 Å². The second-order valence-electron chi connectivity index (χ2n) is 5.77. The zero-order valence-electron chi connectivity index (χ0n) is 15.2. The summed E-state index contributed by atoms with van der Waals surface area (Å²) in [4.78, 5) is 20.9. The zero-order chi connectivity index (χ0) is 18.3. The normalized spacial score (nSPS) is 12.1. The molecule has 1 atom stereocenters. The maximum absolute atomic E-state index is 10.6. The van der Waals surface area contributed by atoms with Crippen molar-refractivity contribution in [3.8, 4) is 0 Å². The minimum Gasteiger partial charge on any atom is -0.478 e. The third kappa shape index (κ3) is 13.8. The van der Waals surface area contributed by atoms with Gasteiger partial charge in [-0.15, -0.1) is 0 Å². The summed E-state index contributed by atoms with van der Waals surface area (Å²) in [7, 11) is 0. The largest absolute Gasteiger partial charge is 0.478 e. The highest BCUT2D eigenvalue weighted by Crippen LogP contribution is 2.20. The van der Waals surface area contributed by atoms with Crippen LogP contribution in [0.4, 0.5) is 0 Å². The second-order valence-corrected chi connectivity index (χ2v) is 5.77.